The summed E-state index contributed by atoms with van der Waals surface area (Å²) in [6.45, 7) is 1.80. The third-order valence-electron chi connectivity index (χ3n) is 3.45. The highest BCUT2D eigenvalue weighted by molar-refractivity contribution is 6.02. The second-order valence-corrected chi connectivity index (χ2v) is 4.42. The van der Waals surface area contributed by atoms with Crippen LogP contribution in [0.5, 0.6) is 0 Å². The van der Waals surface area contributed by atoms with Crippen molar-refractivity contribution in [1.82, 2.24) is 4.90 Å². The van der Waals surface area contributed by atoms with E-state index < -0.39 is 0 Å². The Morgan fingerprint density at radius 1 is 1.40 bits per heavy atom. The summed E-state index contributed by atoms with van der Waals surface area (Å²) >= 11 is 0. The van der Waals surface area contributed by atoms with Crippen molar-refractivity contribution >= 4 is 11.8 Å². The van der Waals surface area contributed by atoms with E-state index in [-0.39, 0.29) is 17.9 Å². The maximum absolute atomic E-state index is 11.7. The molecule has 0 radical (unpaired) electrons. The van der Waals surface area contributed by atoms with Crippen molar-refractivity contribution in [2.45, 2.75) is 45.1 Å². The van der Waals surface area contributed by atoms with Crippen molar-refractivity contribution in [1.29, 1.82) is 0 Å². The minimum atomic E-state index is -0.128. The Balaban J connectivity index is 2.16. The molecule has 1 saturated heterocycles. The van der Waals surface area contributed by atoms with E-state index in [4.69, 9.17) is 0 Å². The van der Waals surface area contributed by atoms with Gasteiger partial charge < -0.3 is 0 Å². The van der Waals surface area contributed by atoms with Crippen molar-refractivity contribution < 1.29 is 9.59 Å². The molecule has 15 heavy (non-hydrogen) atoms. The molecule has 3 heteroatoms. The highest BCUT2D eigenvalue weighted by Gasteiger charge is 2.42. The smallest absolute Gasteiger partial charge is 0.253 e. The number of imide groups is 1. The van der Waals surface area contributed by atoms with Gasteiger partial charge in [0.1, 0.15) is 0 Å². The van der Waals surface area contributed by atoms with Crippen molar-refractivity contribution in [2.24, 2.45) is 5.92 Å². The predicted octanol–water partition coefficient (Wildman–Crippen LogP) is 1.88. The van der Waals surface area contributed by atoms with Gasteiger partial charge in [-0.25, -0.2) is 0 Å². The SMILES string of the molecule is C/C=C/C(=O)N1C(=O)CC2CCCCC21. The molecular formula is C12H17NO2. The molecule has 2 aliphatic rings. The van der Waals surface area contributed by atoms with E-state index >= 15 is 0 Å². The number of carbonyl (C=O) groups is 2. The highest BCUT2D eigenvalue weighted by atomic mass is 16.2. The lowest BCUT2D eigenvalue weighted by Crippen LogP contribution is -2.40. The Labute approximate surface area is 90.1 Å². The first-order valence-corrected chi connectivity index (χ1v) is 5.72. The number of likely N-dealkylation sites (tertiary alicyclic amines) is 1. The zero-order valence-corrected chi connectivity index (χ0v) is 9.11. The molecule has 0 aromatic carbocycles. The molecule has 1 aliphatic carbocycles. The molecule has 0 spiro atoms. The monoisotopic (exact) mass is 207 g/mol. The standard InChI is InChI=1S/C12H17NO2/c1-2-5-11(14)13-10-7-4-3-6-9(10)8-12(13)15/h2,5,9-10H,3-4,6-8H2,1H3/b5-2+. The summed E-state index contributed by atoms with van der Waals surface area (Å²) in [5, 5.41) is 0. The van der Waals surface area contributed by atoms with Crippen LogP contribution in [-0.4, -0.2) is 22.8 Å². The van der Waals surface area contributed by atoms with E-state index in [2.05, 4.69) is 0 Å². The first-order valence-electron chi connectivity index (χ1n) is 5.72. The lowest BCUT2D eigenvalue weighted by molar-refractivity contribution is -0.141. The molecule has 0 aromatic rings. The Hall–Kier alpha value is -1.12. The van der Waals surface area contributed by atoms with E-state index in [0.29, 0.717) is 12.3 Å². The number of hydrogen-bond donors (Lipinski definition) is 0. The average molecular weight is 207 g/mol. The topological polar surface area (TPSA) is 37.4 Å². The molecule has 0 N–H and O–H groups in total. The minimum absolute atomic E-state index is 0.0231. The zero-order valence-electron chi connectivity index (χ0n) is 9.11. The summed E-state index contributed by atoms with van der Waals surface area (Å²) in [7, 11) is 0. The predicted molar refractivity (Wildman–Crippen MR) is 57.0 cm³/mol. The van der Waals surface area contributed by atoms with Crippen LogP contribution >= 0.6 is 0 Å². The molecule has 2 atom stereocenters. The van der Waals surface area contributed by atoms with Crippen LogP contribution in [0.2, 0.25) is 0 Å². The van der Waals surface area contributed by atoms with E-state index in [1.807, 2.05) is 0 Å². The molecule has 2 amide bonds. The molecule has 0 aromatic heterocycles. The van der Waals surface area contributed by atoms with E-state index in [1.165, 1.54) is 17.4 Å². The largest absolute Gasteiger partial charge is 0.276 e. The van der Waals surface area contributed by atoms with Crippen LogP contribution in [-0.2, 0) is 9.59 Å². The van der Waals surface area contributed by atoms with Crippen LogP contribution in [0.3, 0.4) is 0 Å². The number of allylic oxidation sites excluding steroid dienone is 1. The van der Waals surface area contributed by atoms with Crippen LogP contribution < -0.4 is 0 Å². The molecule has 2 fully saturated rings. The lowest BCUT2D eigenvalue weighted by atomic mass is 9.85. The number of nitrogens with zero attached hydrogens (tertiary/aromatic N) is 1. The Kier molecular flexibility index (Phi) is 2.89. The fourth-order valence-electron chi connectivity index (χ4n) is 2.78. The van der Waals surface area contributed by atoms with Gasteiger partial charge in [0, 0.05) is 12.5 Å². The maximum atomic E-state index is 11.7. The second-order valence-electron chi connectivity index (χ2n) is 4.42. The van der Waals surface area contributed by atoms with Gasteiger partial charge in [-0.3, -0.25) is 14.5 Å². The average Bonchev–Trinajstić information content (AvgIpc) is 2.54. The van der Waals surface area contributed by atoms with Gasteiger partial charge in [0.05, 0.1) is 0 Å². The number of amides is 2. The number of carbonyl (C=O) groups excluding carboxylic acids is 2. The van der Waals surface area contributed by atoms with Gasteiger partial charge >= 0.3 is 0 Å². The number of hydrogen-bond acceptors (Lipinski definition) is 2. The van der Waals surface area contributed by atoms with E-state index in [9.17, 15) is 9.59 Å². The summed E-state index contributed by atoms with van der Waals surface area (Å²) in [5.74, 6) is 0.326. The molecule has 2 unspecified atom stereocenters. The zero-order chi connectivity index (χ0) is 10.8. The summed E-state index contributed by atoms with van der Waals surface area (Å²) in [5.41, 5.74) is 0. The fraction of sp³-hybridized carbons (Fsp3) is 0.667. The van der Waals surface area contributed by atoms with Gasteiger partial charge in [0.15, 0.2) is 0 Å². The van der Waals surface area contributed by atoms with Crippen LogP contribution in [0, 0.1) is 5.92 Å². The van der Waals surface area contributed by atoms with Gasteiger partial charge in [-0.05, 0) is 31.8 Å². The second kappa shape index (κ2) is 4.17. The molecule has 1 heterocycles. The normalized spacial score (nSPS) is 31.0. The van der Waals surface area contributed by atoms with Crippen molar-refractivity contribution in [3.63, 3.8) is 0 Å². The summed E-state index contributed by atoms with van der Waals surface area (Å²) in [6, 6.07) is 0.190. The van der Waals surface area contributed by atoms with Crippen LogP contribution in [0.4, 0.5) is 0 Å². The molecular weight excluding hydrogens is 190 g/mol. The van der Waals surface area contributed by atoms with Gasteiger partial charge in [-0.15, -0.1) is 0 Å². The Morgan fingerprint density at radius 3 is 2.87 bits per heavy atom. The Bertz CT molecular complexity index is 309. The Morgan fingerprint density at radius 2 is 2.13 bits per heavy atom. The number of rotatable bonds is 1. The van der Waals surface area contributed by atoms with Crippen LogP contribution in [0.15, 0.2) is 12.2 Å². The van der Waals surface area contributed by atoms with Crippen LogP contribution in [0.25, 0.3) is 0 Å². The van der Waals surface area contributed by atoms with Crippen molar-refractivity contribution in [2.75, 3.05) is 0 Å². The molecule has 1 saturated carbocycles. The van der Waals surface area contributed by atoms with Crippen LogP contribution in [0.1, 0.15) is 39.0 Å². The summed E-state index contributed by atoms with van der Waals surface area (Å²) < 4.78 is 0. The fourth-order valence-corrected chi connectivity index (χ4v) is 2.78. The minimum Gasteiger partial charge on any atom is -0.276 e. The first-order chi connectivity index (χ1) is 7.24. The lowest BCUT2D eigenvalue weighted by Gasteiger charge is -2.29. The van der Waals surface area contributed by atoms with Crippen molar-refractivity contribution in [3.05, 3.63) is 12.2 Å². The highest BCUT2D eigenvalue weighted by Crippen LogP contribution is 2.36. The molecule has 2 rings (SSSR count). The van der Waals surface area contributed by atoms with Gasteiger partial charge in [-0.2, -0.15) is 0 Å². The van der Waals surface area contributed by atoms with Gasteiger partial charge in [0.2, 0.25) is 5.91 Å². The quantitative estimate of drug-likeness (QED) is 0.616. The van der Waals surface area contributed by atoms with E-state index in [1.54, 1.807) is 13.0 Å². The third-order valence-corrected chi connectivity index (χ3v) is 3.45. The van der Waals surface area contributed by atoms with Gasteiger partial charge in [-0.1, -0.05) is 18.9 Å². The van der Waals surface area contributed by atoms with E-state index in [0.717, 1.165) is 19.3 Å². The summed E-state index contributed by atoms with van der Waals surface area (Å²) in [6.07, 6.45) is 8.23. The summed E-state index contributed by atoms with van der Waals surface area (Å²) in [4.78, 5) is 24.9. The first kappa shape index (κ1) is 10.4. The third kappa shape index (κ3) is 1.83. The van der Waals surface area contributed by atoms with Crippen molar-refractivity contribution in [3.8, 4) is 0 Å². The maximum Gasteiger partial charge on any atom is 0.253 e. The van der Waals surface area contributed by atoms with Gasteiger partial charge in [0.25, 0.3) is 5.91 Å². The molecule has 1 aliphatic heterocycles. The molecule has 3 nitrogen and oxygen atoms in total. The number of fused-ring (bicyclic) bond motifs is 1. The molecule has 82 valence electrons. The molecule has 0 bridgehead atoms.